The van der Waals surface area contributed by atoms with Crippen LogP contribution in [0.5, 0.6) is 5.88 Å². The van der Waals surface area contributed by atoms with E-state index in [0.29, 0.717) is 31.8 Å². The normalized spacial score (nSPS) is 18.7. The monoisotopic (exact) mass is 285 g/mol. The Morgan fingerprint density at radius 3 is 2.58 bits per heavy atom. The van der Waals surface area contributed by atoms with E-state index in [4.69, 9.17) is 4.74 Å². The molecule has 19 heavy (non-hydrogen) atoms. The van der Waals surface area contributed by atoms with E-state index < -0.39 is 10.0 Å². The predicted molar refractivity (Wildman–Crippen MR) is 71.3 cm³/mol. The molecule has 1 aliphatic heterocycles. The van der Waals surface area contributed by atoms with E-state index >= 15 is 0 Å². The summed E-state index contributed by atoms with van der Waals surface area (Å²) < 4.78 is 31.3. The molecule has 2 heterocycles. The number of aromatic nitrogens is 2. The summed E-state index contributed by atoms with van der Waals surface area (Å²) >= 11 is 0. The Labute approximate surface area is 113 Å². The van der Waals surface area contributed by atoms with E-state index in [2.05, 4.69) is 10.2 Å². The quantitative estimate of drug-likeness (QED) is 0.827. The van der Waals surface area contributed by atoms with Crippen LogP contribution >= 0.6 is 0 Å². The van der Waals surface area contributed by atoms with Crippen molar-refractivity contribution in [2.24, 2.45) is 0 Å². The van der Waals surface area contributed by atoms with Crippen molar-refractivity contribution in [2.45, 2.75) is 38.0 Å². The maximum atomic E-state index is 12.0. The van der Waals surface area contributed by atoms with Crippen molar-refractivity contribution < 1.29 is 13.2 Å². The van der Waals surface area contributed by atoms with E-state index in [1.165, 1.54) is 0 Å². The third-order valence-electron chi connectivity index (χ3n) is 3.19. The molecule has 2 rings (SSSR count). The second kappa shape index (κ2) is 5.83. The van der Waals surface area contributed by atoms with Gasteiger partial charge >= 0.3 is 0 Å². The molecule has 0 aromatic carbocycles. The molecule has 0 bridgehead atoms. The number of ether oxygens (including phenoxy) is 1. The lowest BCUT2D eigenvalue weighted by atomic mass is 10.1. The van der Waals surface area contributed by atoms with Crippen molar-refractivity contribution in [1.82, 2.24) is 14.5 Å². The SMILES string of the molecule is CC(C)S(=O)(=O)N1CCC(Oc2cccnn2)CC1. The second-order valence-electron chi connectivity index (χ2n) is 4.87. The standard InChI is InChI=1S/C12H19N3O3S/c1-10(2)19(16,17)15-8-5-11(6-9-15)18-12-4-3-7-13-14-12/h3-4,7,10-11H,5-6,8-9H2,1-2H3. The zero-order valence-corrected chi connectivity index (χ0v) is 12.0. The van der Waals surface area contributed by atoms with Gasteiger partial charge < -0.3 is 4.74 Å². The minimum Gasteiger partial charge on any atom is -0.473 e. The highest BCUT2D eigenvalue weighted by Crippen LogP contribution is 2.20. The van der Waals surface area contributed by atoms with E-state index in [-0.39, 0.29) is 11.4 Å². The highest BCUT2D eigenvalue weighted by atomic mass is 32.2. The summed E-state index contributed by atoms with van der Waals surface area (Å²) in [5.41, 5.74) is 0. The van der Waals surface area contributed by atoms with Gasteiger partial charge in [0, 0.05) is 25.4 Å². The molecule has 0 radical (unpaired) electrons. The van der Waals surface area contributed by atoms with Crippen LogP contribution in [0.3, 0.4) is 0 Å². The number of hydrogen-bond donors (Lipinski definition) is 0. The molecule has 1 aromatic rings. The third-order valence-corrected chi connectivity index (χ3v) is 5.47. The average molecular weight is 285 g/mol. The highest BCUT2D eigenvalue weighted by molar-refractivity contribution is 7.89. The first kappa shape index (κ1) is 14.2. The lowest BCUT2D eigenvalue weighted by Crippen LogP contribution is -2.44. The van der Waals surface area contributed by atoms with Gasteiger partial charge in [-0.2, -0.15) is 5.10 Å². The van der Waals surface area contributed by atoms with Gasteiger partial charge in [-0.05, 0) is 32.8 Å². The van der Waals surface area contributed by atoms with Gasteiger partial charge in [0.15, 0.2) is 0 Å². The summed E-state index contributed by atoms with van der Waals surface area (Å²) in [6.07, 6.45) is 2.96. The molecule has 7 heteroatoms. The zero-order chi connectivity index (χ0) is 13.9. The maximum absolute atomic E-state index is 12.0. The largest absolute Gasteiger partial charge is 0.473 e. The first-order valence-electron chi connectivity index (χ1n) is 6.43. The Balaban J connectivity index is 1.90. The van der Waals surface area contributed by atoms with Gasteiger partial charge in [0.2, 0.25) is 15.9 Å². The molecule has 0 spiro atoms. The first-order chi connectivity index (χ1) is 9.00. The van der Waals surface area contributed by atoms with Crippen molar-refractivity contribution in [3.63, 3.8) is 0 Å². The molecule has 0 amide bonds. The van der Waals surface area contributed by atoms with Crippen LogP contribution < -0.4 is 4.74 Å². The molecule has 106 valence electrons. The van der Waals surface area contributed by atoms with Gasteiger partial charge in [-0.1, -0.05) is 0 Å². The van der Waals surface area contributed by atoms with Crippen molar-refractivity contribution in [3.05, 3.63) is 18.3 Å². The Kier molecular flexibility index (Phi) is 4.36. The number of nitrogens with zero attached hydrogens (tertiary/aromatic N) is 3. The molecular formula is C12H19N3O3S. The molecule has 1 saturated heterocycles. The van der Waals surface area contributed by atoms with E-state index in [1.807, 2.05) is 0 Å². The average Bonchev–Trinajstić information content (AvgIpc) is 2.40. The number of sulfonamides is 1. The first-order valence-corrected chi connectivity index (χ1v) is 7.94. The van der Waals surface area contributed by atoms with Crippen LogP contribution in [-0.2, 0) is 10.0 Å². The summed E-state index contributed by atoms with van der Waals surface area (Å²) in [5, 5.41) is 7.24. The molecule has 0 aliphatic carbocycles. The maximum Gasteiger partial charge on any atom is 0.233 e. The van der Waals surface area contributed by atoms with Gasteiger partial charge in [0.1, 0.15) is 6.10 Å². The smallest absolute Gasteiger partial charge is 0.233 e. The fourth-order valence-electron chi connectivity index (χ4n) is 2.02. The topological polar surface area (TPSA) is 72.4 Å². The van der Waals surface area contributed by atoms with Crippen molar-refractivity contribution in [2.75, 3.05) is 13.1 Å². The molecule has 1 aliphatic rings. The summed E-state index contributed by atoms with van der Waals surface area (Å²) in [7, 11) is -3.15. The van der Waals surface area contributed by atoms with Crippen LogP contribution in [0.2, 0.25) is 0 Å². The molecule has 1 fully saturated rings. The van der Waals surface area contributed by atoms with Crippen LogP contribution in [0, 0.1) is 0 Å². The lowest BCUT2D eigenvalue weighted by Gasteiger charge is -2.32. The van der Waals surface area contributed by atoms with Crippen LogP contribution in [-0.4, -0.2) is 47.4 Å². The predicted octanol–water partition coefficient (Wildman–Crippen LogP) is 1.06. The van der Waals surface area contributed by atoms with Crippen LogP contribution in [0.15, 0.2) is 18.3 Å². The Morgan fingerprint density at radius 2 is 2.05 bits per heavy atom. The molecule has 0 N–H and O–H groups in total. The fraction of sp³-hybridized carbons (Fsp3) is 0.667. The number of piperidine rings is 1. The lowest BCUT2D eigenvalue weighted by molar-refractivity contribution is 0.128. The minimum absolute atomic E-state index is 0.00955. The molecule has 6 nitrogen and oxygen atoms in total. The van der Waals surface area contributed by atoms with Gasteiger partial charge in [0.25, 0.3) is 0 Å². The Hall–Kier alpha value is -1.21. The Morgan fingerprint density at radius 1 is 1.37 bits per heavy atom. The summed E-state index contributed by atoms with van der Waals surface area (Å²) in [6.45, 7) is 4.42. The van der Waals surface area contributed by atoms with E-state index in [1.54, 1.807) is 36.5 Å². The highest BCUT2D eigenvalue weighted by Gasteiger charge is 2.30. The second-order valence-corrected chi connectivity index (χ2v) is 7.36. The zero-order valence-electron chi connectivity index (χ0n) is 11.2. The van der Waals surface area contributed by atoms with Gasteiger partial charge in [-0.15, -0.1) is 5.10 Å². The van der Waals surface area contributed by atoms with Crippen molar-refractivity contribution in [3.8, 4) is 5.88 Å². The molecular weight excluding hydrogens is 266 g/mol. The fourth-order valence-corrected chi connectivity index (χ4v) is 3.34. The summed E-state index contributed by atoms with van der Waals surface area (Å²) in [5.74, 6) is 0.493. The molecule has 0 saturated carbocycles. The third kappa shape index (κ3) is 3.42. The van der Waals surface area contributed by atoms with Crippen LogP contribution in [0.4, 0.5) is 0 Å². The number of hydrogen-bond acceptors (Lipinski definition) is 5. The van der Waals surface area contributed by atoms with Gasteiger partial charge in [-0.25, -0.2) is 12.7 Å². The summed E-state index contributed by atoms with van der Waals surface area (Å²) in [4.78, 5) is 0. The van der Waals surface area contributed by atoms with Crippen molar-refractivity contribution in [1.29, 1.82) is 0 Å². The molecule has 0 atom stereocenters. The Bertz CT molecular complexity index is 496. The van der Waals surface area contributed by atoms with Crippen LogP contribution in [0.1, 0.15) is 26.7 Å². The van der Waals surface area contributed by atoms with E-state index in [9.17, 15) is 8.42 Å². The molecule has 1 aromatic heterocycles. The minimum atomic E-state index is -3.15. The number of rotatable bonds is 4. The summed E-state index contributed by atoms with van der Waals surface area (Å²) in [6, 6.07) is 3.52. The van der Waals surface area contributed by atoms with Gasteiger partial charge in [-0.3, -0.25) is 0 Å². The van der Waals surface area contributed by atoms with E-state index in [0.717, 1.165) is 0 Å². The van der Waals surface area contributed by atoms with Crippen molar-refractivity contribution >= 4 is 10.0 Å². The molecule has 0 unspecified atom stereocenters. The van der Waals surface area contributed by atoms with Gasteiger partial charge in [0.05, 0.1) is 5.25 Å². The van der Waals surface area contributed by atoms with Crippen LogP contribution in [0.25, 0.3) is 0 Å².